The van der Waals surface area contributed by atoms with Gasteiger partial charge in [0.05, 0.1) is 18.2 Å². The topological polar surface area (TPSA) is 72.5 Å². The number of nitrogens with zero attached hydrogens (tertiary/aromatic N) is 1. The normalized spacial score (nSPS) is 22.2. The van der Waals surface area contributed by atoms with Crippen LogP contribution in [0.2, 0.25) is 0 Å². The van der Waals surface area contributed by atoms with Crippen molar-refractivity contribution in [2.75, 3.05) is 19.0 Å². The van der Waals surface area contributed by atoms with E-state index >= 15 is 0 Å². The number of hydrogen-bond donors (Lipinski definition) is 2. The van der Waals surface area contributed by atoms with Gasteiger partial charge in [-0.25, -0.2) is 4.98 Å². The Labute approximate surface area is 147 Å². The molecule has 1 aromatic heterocycles. The summed E-state index contributed by atoms with van der Waals surface area (Å²) in [5.41, 5.74) is 1.50. The van der Waals surface area contributed by atoms with E-state index < -0.39 is 5.79 Å². The van der Waals surface area contributed by atoms with Crippen molar-refractivity contribution in [3.63, 3.8) is 0 Å². The van der Waals surface area contributed by atoms with Gasteiger partial charge in [0.2, 0.25) is 0 Å². The molecule has 0 radical (unpaired) electrons. The molecule has 1 aliphatic rings. The van der Waals surface area contributed by atoms with Crippen LogP contribution < -0.4 is 10.6 Å². The quantitative estimate of drug-likeness (QED) is 0.895. The Morgan fingerprint density at radius 1 is 1.20 bits per heavy atom. The number of carbonyl (C=O) groups excluding carboxylic acids is 1. The summed E-state index contributed by atoms with van der Waals surface area (Å²) in [5.74, 6) is -0.185. The van der Waals surface area contributed by atoms with E-state index in [1.807, 2.05) is 44.2 Å². The predicted octanol–water partition coefficient (Wildman–Crippen LogP) is 2.75. The van der Waals surface area contributed by atoms with Gasteiger partial charge < -0.3 is 20.1 Å². The molecule has 1 saturated heterocycles. The van der Waals surface area contributed by atoms with E-state index in [1.54, 1.807) is 25.4 Å². The summed E-state index contributed by atoms with van der Waals surface area (Å²) in [6.45, 7) is 4.13. The maximum Gasteiger partial charge on any atom is 0.253 e. The smallest absolute Gasteiger partial charge is 0.253 e. The fourth-order valence-corrected chi connectivity index (χ4v) is 2.79. The van der Waals surface area contributed by atoms with Crippen LogP contribution in [0.15, 0.2) is 48.7 Å². The van der Waals surface area contributed by atoms with Gasteiger partial charge in [-0.15, -0.1) is 0 Å². The van der Waals surface area contributed by atoms with Crippen molar-refractivity contribution in [1.82, 2.24) is 10.3 Å². The number of carbonyl (C=O) groups is 1. The number of anilines is 1. The fourth-order valence-electron chi connectivity index (χ4n) is 2.79. The molecule has 2 atom stereocenters. The molecule has 1 fully saturated rings. The third-order valence-electron chi connectivity index (χ3n) is 4.11. The molecule has 132 valence electrons. The zero-order valence-corrected chi connectivity index (χ0v) is 14.7. The zero-order valence-electron chi connectivity index (χ0n) is 14.7. The van der Waals surface area contributed by atoms with E-state index in [1.165, 1.54) is 0 Å². The Hall–Kier alpha value is -2.44. The molecular formula is C19H23N3O3. The Bertz CT molecular complexity index is 716. The lowest BCUT2D eigenvalue weighted by molar-refractivity contribution is -0.284. The Kier molecular flexibility index (Phi) is 5.01. The number of benzene rings is 1. The van der Waals surface area contributed by atoms with Gasteiger partial charge in [0.25, 0.3) is 5.91 Å². The van der Waals surface area contributed by atoms with E-state index in [4.69, 9.17) is 9.47 Å². The molecule has 3 rings (SSSR count). The number of hydrogen-bond acceptors (Lipinski definition) is 5. The van der Waals surface area contributed by atoms with Crippen LogP contribution in [-0.4, -0.2) is 36.4 Å². The number of amides is 1. The van der Waals surface area contributed by atoms with E-state index in [-0.39, 0.29) is 18.1 Å². The van der Waals surface area contributed by atoms with Gasteiger partial charge in [-0.1, -0.05) is 30.3 Å². The molecular weight excluding hydrogens is 318 g/mol. The molecule has 0 aliphatic carbocycles. The predicted molar refractivity (Wildman–Crippen MR) is 95.3 cm³/mol. The van der Waals surface area contributed by atoms with Crippen LogP contribution in [0.25, 0.3) is 0 Å². The van der Waals surface area contributed by atoms with Crippen LogP contribution >= 0.6 is 0 Å². The Balaban J connectivity index is 1.77. The summed E-state index contributed by atoms with van der Waals surface area (Å²) >= 11 is 0. The van der Waals surface area contributed by atoms with E-state index in [0.29, 0.717) is 18.0 Å². The third kappa shape index (κ3) is 4.15. The summed E-state index contributed by atoms with van der Waals surface area (Å²) < 4.78 is 11.8. The molecule has 0 saturated carbocycles. The molecule has 0 unspecified atom stereocenters. The Morgan fingerprint density at radius 2 is 1.96 bits per heavy atom. The van der Waals surface area contributed by atoms with Gasteiger partial charge in [0.15, 0.2) is 5.79 Å². The van der Waals surface area contributed by atoms with Crippen molar-refractivity contribution in [2.24, 2.45) is 0 Å². The largest absolute Gasteiger partial charge is 0.373 e. The second-order valence-electron chi connectivity index (χ2n) is 6.42. The maximum atomic E-state index is 12.6. The minimum Gasteiger partial charge on any atom is -0.373 e. The summed E-state index contributed by atoms with van der Waals surface area (Å²) in [4.78, 5) is 16.7. The number of ether oxygens (including phenoxy) is 2. The van der Waals surface area contributed by atoms with E-state index in [2.05, 4.69) is 15.6 Å². The second-order valence-corrected chi connectivity index (χ2v) is 6.42. The van der Waals surface area contributed by atoms with Gasteiger partial charge in [0.1, 0.15) is 11.9 Å². The molecule has 25 heavy (non-hydrogen) atoms. The second kappa shape index (κ2) is 7.21. The molecule has 6 nitrogen and oxygen atoms in total. The lowest BCUT2D eigenvalue weighted by Gasteiger charge is -2.41. The maximum absolute atomic E-state index is 12.6. The Morgan fingerprint density at radius 3 is 2.60 bits per heavy atom. The van der Waals surface area contributed by atoms with Gasteiger partial charge in [-0.3, -0.25) is 4.79 Å². The molecule has 0 spiro atoms. The van der Waals surface area contributed by atoms with Crippen LogP contribution in [0.4, 0.5) is 5.82 Å². The first-order valence-corrected chi connectivity index (χ1v) is 8.30. The van der Waals surface area contributed by atoms with E-state index in [0.717, 1.165) is 5.56 Å². The van der Waals surface area contributed by atoms with Crippen LogP contribution in [0.1, 0.15) is 35.9 Å². The van der Waals surface area contributed by atoms with Crippen molar-refractivity contribution in [3.8, 4) is 0 Å². The molecule has 1 aliphatic heterocycles. The van der Waals surface area contributed by atoms with Crippen molar-refractivity contribution in [3.05, 3.63) is 59.8 Å². The summed E-state index contributed by atoms with van der Waals surface area (Å²) in [6, 6.07) is 13.1. The first-order valence-electron chi connectivity index (χ1n) is 8.30. The standard InChI is InChI=1S/C19H23N3O3/c1-19(2)24-12-15(17(25-19)13-7-5-4-6-8-13)22-18(23)14-9-10-16(20-3)21-11-14/h4-11,15,17H,12H2,1-3H3,(H,20,21)(H,22,23)/t15-,17-/m1/s1. The third-order valence-corrected chi connectivity index (χ3v) is 4.11. The number of nitrogens with one attached hydrogen (secondary N) is 2. The fraction of sp³-hybridized carbons (Fsp3) is 0.368. The molecule has 2 heterocycles. The highest BCUT2D eigenvalue weighted by Gasteiger charge is 2.38. The molecule has 0 bridgehead atoms. The van der Waals surface area contributed by atoms with Crippen LogP contribution in [0.5, 0.6) is 0 Å². The van der Waals surface area contributed by atoms with Crippen LogP contribution in [0, 0.1) is 0 Å². The van der Waals surface area contributed by atoms with Crippen LogP contribution in [-0.2, 0) is 9.47 Å². The van der Waals surface area contributed by atoms with Gasteiger partial charge >= 0.3 is 0 Å². The highest BCUT2D eigenvalue weighted by atomic mass is 16.7. The molecule has 1 amide bonds. The number of aromatic nitrogens is 1. The molecule has 2 aromatic rings. The zero-order chi connectivity index (χ0) is 17.9. The number of pyridine rings is 1. The lowest BCUT2D eigenvalue weighted by Crippen LogP contribution is -2.52. The van der Waals surface area contributed by atoms with Crippen molar-refractivity contribution in [1.29, 1.82) is 0 Å². The molecule has 1 aromatic carbocycles. The monoisotopic (exact) mass is 341 g/mol. The SMILES string of the molecule is CNc1ccc(C(=O)N[C@@H]2COC(C)(C)O[C@@H]2c2ccccc2)cn1. The van der Waals surface area contributed by atoms with Gasteiger partial charge in [0, 0.05) is 13.2 Å². The summed E-state index contributed by atoms with van der Waals surface area (Å²) in [5, 5.41) is 5.94. The lowest BCUT2D eigenvalue weighted by atomic mass is 10.0. The van der Waals surface area contributed by atoms with Crippen molar-refractivity contribution < 1.29 is 14.3 Å². The van der Waals surface area contributed by atoms with Gasteiger partial charge in [-0.05, 0) is 31.5 Å². The highest BCUT2D eigenvalue weighted by Crippen LogP contribution is 2.33. The minimum absolute atomic E-state index is 0.201. The summed E-state index contributed by atoms with van der Waals surface area (Å²) in [7, 11) is 1.78. The first kappa shape index (κ1) is 17.4. The average molecular weight is 341 g/mol. The molecule has 6 heteroatoms. The van der Waals surface area contributed by atoms with Crippen LogP contribution in [0.3, 0.4) is 0 Å². The number of rotatable bonds is 4. The highest BCUT2D eigenvalue weighted by molar-refractivity contribution is 5.94. The molecule has 2 N–H and O–H groups in total. The van der Waals surface area contributed by atoms with Crippen molar-refractivity contribution >= 4 is 11.7 Å². The van der Waals surface area contributed by atoms with E-state index in [9.17, 15) is 4.79 Å². The average Bonchev–Trinajstić information content (AvgIpc) is 2.63. The van der Waals surface area contributed by atoms with Gasteiger partial charge in [-0.2, -0.15) is 0 Å². The van der Waals surface area contributed by atoms with Crippen molar-refractivity contribution in [2.45, 2.75) is 31.8 Å². The summed E-state index contributed by atoms with van der Waals surface area (Å²) in [6.07, 6.45) is 1.27. The first-order chi connectivity index (χ1) is 12.0. The minimum atomic E-state index is -0.697.